The van der Waals surface area contributed by atoms with Crippen LogP contribution < -0.4 is 0 Å². The lowest BCUT2D eigenvalue weighted by Crippen LogP contribution is -2.65. The molecule has 170 valence electrons. The van der Waals surface area contributed by atoms with Gasteiger partial charge in [-0.3, -0.25) is 4.79 Å². The second kappa shape index (κ2) is 6.89. The maximum absolute atomic E-state index is 12.4. The average Bonchev–Trinajstić information content (AvgIpc) is 3.16. The topological polar surface area (TPSA) is 112 Å². The van der Waals surface area contributed by atoms with Crippen LogP contribution >= 0.6 is 0 Å². The van der Waals surface area contributed by atoms with Gasteiger partial charge in [0.15, 0.2) is 6.10 Å². The number of carbonyl (C=O) groups excluding carboxylic acids is 2. The molecule has 0 amide bonds. The van der Waals surface area contributed by atoms with Crippen LogP contribution in [0.2, 0.25) is 0 Å². The predicted molar refractivity (Wildman–Crippen MR) is 104 cm³/mol. The van der Waals surface area contributed by atoms with Gasteiger partial charge in [0.1, 0.15) is 17.3 Å². The van der Waals surface area contributed by atoms with Gasteiger partial charge in [-0.05, 0) is 51.4 Å². The molecule has 0 aromatic rings. The monoisotopic (exact) mass is 426 g/mol. The van der Waals surface area contributed by atoms with Crippen molar-refractivity contribution in [1.82, 2.24) is 0 Å². The SMILES string of the molecule is CC1O[C@H](C)C[C@@H](C(C)(C)C)C2[C@@H](OC(=O)[C@@H]2O)O[C@@]12CC[C@@H]1OC(=O)[C@@H](C)[C@@]12O. The summed E-state index contributed by atoms with van der Waals surface area (Å²) < 4.78 is 23.8. The molecule has 10 atom stereocenters. The minimum Gasteiger partial charge on any atom is -0.459 e. The fourth-order valence-electron chi connectivity index (χ4n) is 6.28. The molecule has 1 aliphatic carbocycles. The number of rotatable bonds is 0. The fourth-order valence-corrected chi connectivity index (χ4v) is 6.28. The van der Waals surface area contributed by atoms with Crippen LogP contribution in [0.4, 0.5) is 0 Å². The van der Waals surface area contributed by atoms with E-state index in [1.165, 1.54) is 0 Å². The zero-order valence-electron chi connectivity index (χ0n) is 18.6. The zero-order chi connectivity index (χ0) is 22.2. The molecule has 0 aromatic carbocycles. The van der Waals surface area contributed by atoms with Gasteiger partial charge in [-0.2, -0.15) is 0 Å². The Labute approximate surface area is 177 Å². The molecule has 8 nitrogen and oxygen atoms in total. The number of hydrogen-bond donors (Lipinski definition) is 2. The van der Waals surface area contributed by atoms with Crippen molar-refractivity contribution in [1.29, 1.82) is 0 Å². The maximum atomic E-state index is 12.4. The molecular weight excluding hydrogens is 392 g/mol. The van der Waals surface area contributed by atoms with Crippen LogP contribution in [-0.2, 0) is 28.5 Å². The average molecular weight is 427 g/mol. The molecule has 3 heterocycles. The zero-order valence-corrected chi connectivity index (χ0v) is 18.6. The summed E-state index contributed by atoms with van der Waals surface area (Å²) in [6, 6.07) is 0. The summed E-state index contributed by atoms with van der Waals surface area (Å²) in [5.41, 5.74) is -3.18. The molecule has 4 aliphatic rings. The minimum absolute atomic E-state index is 0.132. The minimum atomic E-state index is -1.62. The molecule has 1 saturated carbocycles. The summed E-state index contributed by atoms with van der Waals surface area (Å²) in [4.78, 5) is 24.7. The predicted octanol–water partition coefficient (Wildman–Crippen LogP) is 1.55. The van der Waals surface area contributed by atoms with Crippen LogP contribution in [0.15, 0.2) is 0 Å². The Kier molecular flexibility index (Phi) is 5.05. The molecule has 3 saturated heterocycles. The van der Waals surface area contributed by atoms with Crippen LogP contribution in [-0.4, -0.2) is 64.1 Å². The lowest BCUT2D eigenvalue weighted by Gasteiger charge is -2.47. The van der Waals surface area contributed by atoms with E-state index < -0.39 is 59.6 Å². The van der Waals surface area contributed by atoms with Crippen molar-refractivity contribution < 1.29 is 38.7 Å². The fraction of sp³-hybridized carbons (Fsp3) is 0.909. The van der Waals surface area contributed by atoms with E-state index in [2.05, 4.69) is 20.8 Å². The summed E-state index contributed by atoms with van der Waals surface area (Å²) in [5.74, 6) is -2.75. The Hall–Kier alpha value is -1.22. The number of hydrogen-bond acceptors (Lipinski definition) is 8. The summed E-state index contributed by atoms with van der Waals surface area (Å²) in [6.07, 6.45) is -2.48. The molecule has 1 spiro atoms. The Morgan fingerprint density at radius 1 is 1.07 bits per heavy atom. The molecule has 0 bridgehead atoms. The standard InChI is InChI=1S/C22H34O8/c1-10-9-13(20(4,5)6)15-16(23)18(25)29-19(15)30-21(12(3)27-10)8-7-14-22(21,26)11(2)17(24)28-14/h10-16,19,23,26H,7-9H2,1-6H3/t10-,11-,12?,13-,14+,15?,16-,19+,21+,22-/m1/s1. The number of aliphatic hydroxyl groups excluding tert-OH is 1. The van der Waals surface area contributed by atoms with Gasteiger partial charge in [-0.15, -0.1) is 0 Å². The summed E-state index contributed by atoms with van der Waals surface area (Å²) in [7, 11) is 0. The van der Waals surface area contributed by atoms with Gasteiger partial charge in [0.05, 0.1) is 24.0 Å². The van der Waals surface area contributed by atoms with E-state index in [9.17, 15) is 19.8 Å². The van der Waals surface area contributed by atoms with Gasteiger partial charge >= 0.3 is 11.9 Å². The Morgan fingerprint density at radius 2 is 1.73 bits per heavy atom. The van der Waals surface area contributed by atoms with E-state index in [1.54, 1.807) is 6.92 Å². The highest BCUT2D eigenvalue weighted by Gasteiger charge is 2.74. The van der Waals surface area contributed by atoms with Gasteiger partial charge in [0, 0.05) is 0 Å². The normalized spacial score (nSPS) is 51.6. The molecule has 30 heavy (non-hydrogen) atoms. The van der Waals surface area contributed by atoms with Crippen molar-refractivity contribution in [3.8, 4) is 0 Å². The largest absolute Gasteiger partial charge is 0.459 e. The second-order valence-corrected chi connectivity index (χ2v) is 10.6. The van der Waals surface area contributed by atoms with Crippen molar-refractivity contribution in [3.63, 3.8) is 0 Å². The highest BCUT2D eigenvalue weighted by atomic mass is 16.7. The Bertz CT molecular complexity index is 731. The first-order valence-corrected chi connectivity index (χ1v) is 11.0. The van der Waals surface area contributed by atoms with E-state index in [4.69, 9.17) is 18.9 Å². The molecule has 4 rings (SSSR count). The van der Waals surface area contributed by atoms with Crippen molar-refractivity contribution >= 4 is 11.9 Å². The van der Waals surface area contributed by atoms with E-state index in [0.29, 0.717) is 19.3 Å². The van der Waals surface area contributed by atoms with Gasteiger partial charge in [-0.25, -0.2) is 4.79 Å². The van der Waals surface area contributed by atoms with Crippen LogP contribution in [0.1, 0.15) is 60.8 Å². The highest BCUT2D eigenvalue weighted by molar-refractivity contribution is 5.78. The van der Waals surface area contributed by atoms with Gasteiger partial charge in [-0.1, -0.05) is 20.8 Å². The molecule has 0 radical (unpaired) electrons. The van der Waals surface area contributed by atoms with Gasteiger partial charge < -0.3 is 29.2 Å². The van der Waals surface area contributed by atoms with E-state index in [-0.39, 0.29) is 17.4 Å². The van der Waals surface area contributed by atoms with Crippen LogP contribution in [0.25, 0.3) is 0 Å². The number of fused-ring (bicyclic) bond motifs is 3. The van der Waals surface area contributed by atoms with Crippen LogP contribution in [0.3, 0.4) is 0 Å². The summed E-state index contributed by atoms with van der Waals surface area (Å²) in [5, 5.41) is 22.6. The third-order valence-corrected chi connectivity index (χ3v) is 7.95. The Morgan fingerprint density at radius 3 is 2.37 bits per heavy atom. The van der Waals surface area contributed by atoms with E-state index in [0.717, 1.165) is 0 Å². The first kappa shape index (κ1) is 22.0. The second-order valence-electron chi connectivity index (χ2n) is 10.6. The summed E-state index contributed by atoms with van der Waals surface area (Å²) in [6.45, 7) is 11.6. The van der Waals surface area contributed by atoms with Crippen molar-refractivity contribution in [2.24, 2.45) is 23.2 Å². The van der Waals surface area contributed by atoms with Crippen molar-refractivity contribution in [2.45, 2.75) is 103 Å². The van der Waals surface area contributed by atoms with E-state index >= 15 is 0 Å². The highest BCUT2D eigenvalue weighted by Crippen LogP contribution is 2.57. The third kappa shape index (κ3) is 2.87. The van der Waals surface area contributed by atoms with Crippen molar-refractivity contribution in [3.05, 3.63) is 0 Å². The smallest absolute Gasteiger partial charge is 0.337 e. The molecule has 3 aliphatic heterocycles. The lowest BCUT2D eigenvalue weighted by atomic mass is 9.69. The lowest BCUT2D eigenvalue weighted by molar-refractivity contribution is -0.295. The van der Waals surface area contributed by atoms with E-state index in [1.807, 2.05) is 13.8 Å². The Balaban J connectivity index is 1.82. The number of aliphatic hydroxyl groups is 2. The van der Waals surface area contributed by atoms with Gasteiger partial charge in [0.25, 0.3) is 0 Å². The van der Waals surface area contributed by atoms with Crippen molar-refractivity contribution in [2.75, 3.05) is 0 Å². The maximum Gasteiger partial charge on any atom is 0.337 e. The number of carbonyl (C=O) groups is 2. The quantitative estimate of drug-likeness (QED) is 0.561. The third-order valence-electron chi connectivity index (χ3n) is 7.95. The molecule has 8 heteroatoms. The molecule has 2 unspecified atom stereocenters. The van der Waals surface area contributed by atoms with Crippen LogP contribution in [0, 0.1) is 23.2 Å². The summed E-state index contributed by atoms with van der Waals surface area (Å²) >= 11 is 0. The molecule has 0 aromatic heterocycles. The van der Waals surface area contributed by atoms with Gasteiger partial charge in [0.2, 0.25) is 6.29 Å². The first-order chi connectivity index (χ1) is 13.8. The molecule has 4 fully saturated rings. The first-order valence-electron chi connectivity index (χ1n) is 11.0. The van der Waals surface area contributed by atoms with Crippen LogP contribution in [0.5, 0.6) is 0 Å². The molecular formula is C22H34O8. The number of ether oxygens (including phenoxy) is 4. The number of esters is 2. The molecule has 2 N–H and O–H groups in total.